The highest BCUT2D eigenvalue weighted by molar-refractivity contribution is 7.99. The number of hydrogen-bond donors (Lipinski definition) is 1. The minimum Gasteiger partial charge on any atom is -0.318 e. The van der Waals surface area contributed by atoms with E-state index < -0.39 is 0 Å². The van der Waals surface area contributed by atoms with Gasteiger partial charge in [-0.15, -0.1) is 5.10 Å². The zero-order chi connectivity index (χ0) is 14.5. The van der Waals surface area contributed by atoms with E-state index in [1.165, 1.54) is 30.4 Å². The van der Waals surface area contributed by atoms with E-state index >= 15 is 0 Å². The zero-order valence-electron chi connectivity index (χ0n) is 12.3. The molecule has 2 aromatic rings. The van der Waals surface area contributed by atoms with Crippen molar-refractivity contribution in [1.82, 2.24) is 25.5 Å². The van der Waals surface area contributed by atoms with Crippen LogP contribution in [0.25, 0.3) is 0 Å². The van der Waals surface area contributed by atoms with Gasteiger partial charge in [0.05, 0.1) is 6.54 Å². The summed E-state index contributed by atoms with van der Waals surface area (Å²) in [6.07, 6.45) is 3.77. The van der Waals surface area contributed by atoms with Crippen LogP contribution in [0.5, 0.6) is 0 Å². The third-order valence-corrected chi connectivity index (χ3v) is 5.10. The Bertz CT molecular complexity index is 583. The van der Waals surface area contributed by atoms with Gasteiger partial charge in [-0.25, -0.2) is 4.68 Å². The first-order chi connectivity index (χ1) is 10.4. The Morgan fingerprint density at radius 1 is 1.38 bits per heavy atom. The van der Waals surface area contributed by atoms with Gasteiger partial charge in [0.2, 0.25) is 5.16 Å². The molecule has 5 nitrogen and oxygen atoms in total. The first kappa shape index (κ1) is 14.5. The highest BCUT2D eigenvalue weighted by Gasteiger charge is 2.20. The Hall–Kier alpha value is -1.40. The molecule has 0 aliphatic heterocycles. The fraction of sp³-hybridized carbons (Fsp3) is 0.533. The number of benzene rings is 1. The van der Waals surface area contributed by atoms with E-state index in [-0.39, 0.29) is 0 Å². The van der Waals surface area contributed by atoms with Gasteiger partial charge >= 0.3 is 0 Å². The third kappa shape index (κ3) is 3.44. The summed E-state index contributed by atoms with van der Waals surface area (Å²) in [4.78, 5) is 0. The van der Waals surface area contributed by atoms with E-state index in [0.717, 1.165) is 24.0 Å². The summed E-state index contributed by atoms with van der Waals surface area (Å²) in [6, 6.07) is 8.85. The predicted molar refractivity (Wildman–Crippen MR) is 84.6 cm³/mol. The zero-order valence-corrected chi connectivity index (χ0v) is 13.1. The minimum atomic E-state index is 0.620. The molecular weight excluding hydrogens is 282 g/mol. The van der Waals surface area contributed by atoms with Crippen molar-refractivity contribution in [2.45, 2.75) is 36.9 Å². The molecule has 1 aromatic carbocycles. The molecule has 1 aliphatic carbocycles. The Labute approximate surface area is 129 Å². The van der Waals surface area contributed by atoms with E-state index in [4.69, 9.17) is 0 Å². The number of aromatic nitrogens is 4. The molecule has 21 heavy (non-hydrogen) atoms. The lowest BCUT2D eigenvalue weighted by atomic mass is 9.84. The second-order valence-corrected chi connectivity index (χ2v) is 6.37. The second-order valence-electron chi connectivity index (χ2n) is 5.39. The maximum atomic E-state index is 4.15. The molecule has 3 rings (SSSR count). The smallest absolute Gasteiger partial charge is 0.209 e. The number of rotatable bonds is 6. The first-order valence-electron chi connectivity index (χ1n) is 7.50. The number of fused-ring (bicyclic) bond motifs is 1. The van der Waals surface area contributed by atoms with Crippen LogP contribution in [-0.2, 0) is 13.0 Å². The molecule has 1 aliphatic rings. The summed E-state index contributed by atoms with van der Waals surface area (Å²) >= 11 is 1.77. The average Bonchev–Trinajstić information content (AvgIpc) is 2.98. The van der Waals surface area contributed by atoms with Gasteiger partial charge in [0.15, 0.2) is 0 Å². The summed E-state index contributed by atoms with van der Waals surface area (Å²) in [5.41, 5.74) is 3.04. The van der Waals surface area contributed by atoms with Crippen LogP contribution in [0.3, 0.4) is 0 Å². The number of aryl methyl sites for hydroxylation is 1. The predicted octanol–water partition coefficient (Wildman–Crippen LogP) is 2.10. The lowest BCUT2D eigenvalue weighted by Crippen LogP contribution is -2.17. The lowest BCUT2D eigenvalue weighted by Gasteiger charge is -2.24. The molecule has 112 valence electrons. The van der Waals surface area contributed by atoms with Crippen molar-refractivity contribution < 1.29 is 0 Å². The van der Waals surface area contributed by atoms with E-state index in [1.54, 1.807) is 11.8 Å². The Morgan fingerprint density at radius 2 is 2.29 bits per heavy atom. The Balaban J connectivity index is 1.65. The van der Waals surface area contributed by atoms with Gasteiger partial charge in [-0.3, -0.25) is 0 Å². The van der Waals surface area contributed by atoms with Crippen LogP contribution in [0.2, 0.25) is 0 Å². The van der Waals surface area contributed by atoms with E-state index in [2.05, 4.69) is 45.1 Å². The summed E-state index contributed by atoms with van der Waals surface area (Å²) in [6.45, 7) is 1.69. The molecule has 6 heteroatoms. The van der Waals surface area contributed by atoms with Crippen LogP contribution >= 0.6 is 11.8 Å². The molecule has 1 atom stereocenters. The van der Waals surface area contributed by atoms with Gasteiger partial charge in [0.1, 0.15) is 0 Å². The van der Waals surface area contributed by atoms with Crippen LogP contribution < -0.4 is 5.32 Å². The first-order valence-corrected chi connectivity index (χ1v) is 8.48. The number of nitrogens with one attached hydrogen (secondary N) is 1. The summed E-state index contributed by atoms with van der Waals surface area (Å²) in [5, 5.41) is 16.1. The van der Waals surface area contributed by atoms with Crippen molar-refractivity contribution in [1.29, 1.82) is 0 Å². The van der Waals surface area contributed by atoms with Crippen LogP contribution in [0, 0.1) is 0 Å². The van der Waals surface area contributed by atoms with Crippen LogP contribution in [0.4, 0.5) is 0 Å². The van der Waals surface area contributed by atoms with E-state index in [1.807, 2.05) is 11.7 Å². The van der Waals surface area contributed by atoms with Crippen LogP contribution in [0.15, 0.2) is 29.4 Å². The average molecular weight is 303 g/mol. The molecule has 0 bridgehead atoms. The van der Waals surface area contributed by atoms with Gasteiger partial charge in [-0.1, -0.05) is 36.0 Å². The molecule has 1 N–H and O–H groups in total. The highest BCUT2D eigenvalue weighted by atomic mass is 32.2. The summed E-state index contributed by atoms with van der Waals surface area (Å²) in [7, 11) is 1.94. The molecule has 0 fully saturated rings. The van der Waals surface area contributed by atoms with Gasteiger partial charge in [-0.2, -0.15) is 0 Å². The molecule has 1 aromatic heterocycles. The van der Waals surface area contributed by atoms with Gasteiger partial charge in [-0.05, 0) is 53.8 Å². The second kappa shape index (κ2) is 7.04. The number of tetrazole rings is 1. The monoisotopic (exact) mass is 303 g/mol. The van der Waals surface area contributed by atoms with E-state index in [0.29, 0.717) is 5.92 Å². The molecular formula is C15H21N5S. The van der Waals surface area contributed by atoms with Crippen molar-refractivity contribution in [3.8, 4) is 0 Å². The van der Waals surface area contributed by atoms with Gasteiger partial charge in [0, 0.05) is 12.3 Å². The van der Waals surface area contributed by atoms with Crippen molar-refractivity contribution >= 4 is 11.8 Å². The van der Waals surface area contributed by atoms with Crippen molar-refractivity contribution in [2.24, 2.45) is 0 Å². The van der Waals surface area contributed by atoms with Crippen LogP contribution in [0.1, 0.15) is 29.9 Å². The highest BCUT2D eigenvalue weighted by Crippen LogP contribution is 2.35. The van der Waals surface area contributed by atoms with Gasteiger partial charge < -0.3 is 5.32 Å². The van der Waals surface area contributed by atoms with Gasteiger partial charge in [0.25, 0.3) is 0 Å². The normalized spacial score (nSPS) is 17.7. The molecule has 0 amide bonds. The summed E-state index contributed by atoms with van der Waals surface area (Å²) in [5.74, 6) is 1.67. The molecule has 0 radical (unpaired) electrons. The maximum Gasteiger partial charge on any atom is 0.209 e. The molecule has 0 saturated carbocycles. The fourth-order valence-electron chi connectivity index (χ4n) is 2.86. The van der Waals surface area contributed by atoms with Crippen molar-refractivity contribution in [2.75, 3.05) is 19.3 Å². The molecule has 1 unspecified atom stereocenters. The lowest BCUT2D eigenvalue weighted by molar-refractivity contribution is 0.529. The fourth-order valence-corrected chi connectivity index (χ4v) is 3.93. The topological polar surface area (TPSA) is 55.6 Å². The SMILES string of the molecule is CNCCn1nnnc1SCC1CCCc2ccccc21. The minimum absolute atomic E-state index is 0.620. The maximum absolute atomic E-state index is 4.15. The molecule has 0 saturated heterocycles. The van der Waals surface area contributed by atoms with Crippen molar-refractivity contribution in [3.63, 3.8) is 0 Å². The number of nitrogens with zero attached hydrogens (tertiary/aromatic N) is 4. The number of hydrogen-bond acceptors (Lipinski definition) is 5. The Morgan fingerprint density at radius 3 is 3.19 bits per heavy atom. The molecule has 0 spiro atoms. The van der Waals surface area contributed by atoms with E-state index in [9.17, 15) is 0 Å². The number of thioether (sulfide) groups is 1. The standard InChI is InChI=1S/C15H21N5S/c1-16-9-10-20-15(17-18-19-20)21-11-13-7-4-6-12-5-2-3-8-14(12)13/h2-3,5,8,13,16H,4,6-7,9-11H2,1H3. The number of likely N-dealkylation sites (N-methyl/N-ethyl adjacent to an activating group) is 1. The summed E-state index contributed by atoms with van der Waals surface area (Å²) < 4.78 is 1.88. The molecule has 1 heterocycles. The third-order valence-electron chi connectivity index (χ3n) is 3.98. The largest absolute Gasteiger partial charge is 0.318 e. The van der Waals surface area contributed by atoms with Crippen molar-refractivity contribution in [3.05, 3.63) is 35.4 Å². The van der Waals surface area contributed by atoms with Crippen LogP contribution in [-0.4, -0.2) is 39.6 Å². The quantitative estimate of drug-likeness (QED) is 0.828. The Kier molecular flexibility index (Phi) is 4.87.